The van der Waals surface area contributed by atoms with Gasteiger partial charge in [0.15, 0.2) is 0 Å². The quantitative estimate of drug-likeness (QED) is 0.686. The van der Waals surface area contributed by atoms with Crippen LogP contribution in [0.1, 0.15) is 39.5 Å². The maximum absolute atomic E-state index is 11.6. The van der Waals surface area contributed by atoms with Crippen LogP contribution in [0.15, 0.2) is 0 Å². The average Bonchev–Trinajstić information content (AvgIpc) is 2.13. The van der Waals surface area contributed by atoms with Crippen LogP contribution in [0.5, 0.6) is 0 Å². The second-order valence-electron chi connectivity index (χ2n) is 5.83. The van der Waals surface area contributed by atoms with Crippen molar-refractivity contribution in [3.05, 3.63) is 0 Å². The third-order valence-corrected chi connectivity index (χ3v) is 4.40. The van der Waals surface area contributed by atoms with Gasteiger partial charge < -0.3 is 10.8 Å². The summed E-state index contributed by atoms with van der Waals surface area (Å²) in [4.78, 5) is 11.6. The molecule has 2 bridgehead atoms. The first-order chi connectivity index (χ1) is 6.94. The van der Waals surface area contributed by atoms with E-state index in [1.54, 1.807) is 0 Å². The summed E-state index contributed by atoms with van der Waals surface area (Å²) in [5.41, 5.74) is 5.24. The molecule has 0 aliphatic heterocycles. The van der Waals surface area contributed by atoms with Crippen molar-refractivity contribution in [1.29, 1.82) is 0 Å². The molecule has 0 radical (unpaired) electrons. The largest absolute Gasteiger partial charge is 0.393 e. The number of amides is 1. The van der Waals surface area contributed by atoms with Gasteiger partial charge in [-0.3, -0.25) is 4.79 Å². The van der Waals surface area contributed by atoms with Crippen molar-refractivity contribution < 1.29 is 9.90 Å². The van der Waals surface area contributed by atoms with Crippen LogP contribution in [0, 0.1) is 23.2 Å². The van der Waals surface area contributed by atoms with Crippen LogP contribution >= 0.6 is 0 Å². The van der Waals surface area contributed by atoms with Gasteiger partial charge in [-0.05, 0) is 43.4 Å². The smallest absolute Gasteiger partial charge is 0.223 e. The number of fused-ring (bicyclic) bond motifs is 2. The number of nitrogens with two attached hydrogens (primary N) is 1. The summed E-state index contributed by atoms with van der Waals surface area (Å²) in [5.74, 6) is 0.852. The van der Waals surface area contributed by atoms with E-state index >= 15 is 0 Å². The molecule has 86 valence electrons. The highest BCUT2D eigenvalue weighted by Crippen LogP contribution is 2.52. The molecule has 0 saturated heterocycles. The van der Waals surface area contributed by atoms with Crippen molar-refractivity contribution in [2.24, 2.45) is 28.9 Å². The van der Waals surface area contributed by atoms with E-state index in [0.29, 0.717) is 5.92 Å². The third kappa shape index (κ3) is 1.67. The predicted octanol–water partition coefficient (Wildman–Crippen LogP) is 1.29. The normalized spacial score (nSPS) is 50.1. The molecular formula is C12H21NO2. The summed E-state index contributed by atoms with van der Waals surface area (Å²) in [6, 6.07) is 0. The zero-order valence-corrected chi connectivity index (χ0v) is 9.57. The monoisotopic (exact) mass is 211 g/mol. The van der Waals surface area contributed by atoms with Crippen LogP contribution in [0.25, 0.3) is 0 Å². The van der Waals surface area contributed by atoms with Crippen molar-refractivity contribution in [3.8, 4) is 0 Å². The molecule has 2 aliphatic carbocycles. The Morgan fingerprint density at radius 2 is 2.00 bits per heavy atom. The van der Waals surface area contributed by atoms with Gasteiger partial charge in [0.2, 0.25) is 5.91 Å². The van der Waals surface area contributed by atoms with Gasteiger partial charge >= 0.3 is 0 Å². The highest BCUT2D eigenvalue weighted by molar-refractivity contribution is 5.81. The van der Waals surface area contributed by atoms with E-state index in [4.69, 9.17) is 5.73 Å². The summed E-state index contributed by atoms with van der Waals surface area (Å²) in [6.45, 7) is 4.19. The molecular weight excluding hydrogens is 190 g/mol. The number of primary amides is 1. The number of rotatable bonds is 1. The number of aliphatic hydroxyl groups is 1. The Labute approximate surface area is 91.0 Å². The van der Waals surface area contributed by atoms with Crippen LogP contribution in [-0.2, 0) is 4.79 Å². The first-order valence-electron chi connectivity index (χ1n) is 5.92. The van der Waals surface area contributed by atoms with Gasteiger partial charge in [-0.25, -0.2) is 0 Å². The first-order valence-corrected chi connectivity index (χ1v) is 5.92. The van der Waals surface area contributed by atoms with E-state index in [0.717, 1.165) is 25.7 Å². The van der Waals surface area contributed by atoms with Crippen molar-refractivity contribution >= 4 is 5.91 Å². The molecule has 2 saturated carbocycles. The third-order valence-electron chi connectivity index (χ3n) is 4.40. The summed E-state index contributed by atoms with van der Waals surface area (Å²) in [7, 11) is 0. The number of aliphatic hydroxyl groups excluding tert-OH is 1. The fraction of sp³-hybridized carbons (Fsp3) is 0.917. The minimum absolute atomic E-state index is 0.155. The Balaban J connectivity index is 2.28. The fourth-order valence-electron chi connectivity index (χ4n) is 3.87. The summed E-state index contributed by atoms with van der Waals surface area (Å²) in [5, 5.41) is 10.1. The molecule has 2 aliphatic rings. The van der Waals surface area contributed by atoms with E-state index in [1.807, 2.05) is 6.92 Å². The van der Waals surface area contributed by atoms with Gasteiger partial charge in [0, 0.05) is 5.41 Å². The SMILES string of the molecule is CC1CC2CC(C(N)=O)(C1)CC(C)C2O. The van der Waals surface area contributed by atoms with Crippen LogP contribution in [0.3, 0.4) is 0 Å². The van der Waals surface area contributed by atoms with Gasteiger partial charge in [0.1, 0.15) is 0 Å². The lowest BCUT2D eigenvalue weighted by atomic mass is 9.55. The van der Waals surface area contributed by atoms with E-state index < -0.39 is 0 Å². The van der Waals surface area contributed by atoms with Gasteiger partial charge in [-0.1, -0.05) is 13.8 Å². The van der Waals surface area contributed by atoms with Crippen LogP contribution in [0.2, 0.25) is 0 Å². The molecule has 0 heterocycles. The highest BCUT2D eigenvalue weighted by atomic mass is 16.3. The molecule has 5 atom stereocenters. The lowest BCUT2D eigenvalue weighted by Gasteiger charge is -2.50. The minimum atomic E-state index is -0.318. The molecule has 1 amide bonds. The lowest BCUT2D eigenvalue weighted by molar-refractivity contribution is -0.143. The predicted molar refractivity (Wildman–Crippen MR) is 57.9 cm³/mol. The summed E-state index contributed by atoms with van der Waals surface area (Å²) in [6.07, 6.45) is 3.29. The molecule has 3 N–H and O–H groups in total. The van der Waals surface area contributed by atoms with Gasteiger partial charge in [0.05, 0.1) is 6.10 Å². The number of carbonyl (C=O) groups excluding carboxylic acids is 1. The van der Waals surface area contributed by atoms with Crippen LogP contribution < -0.4 is 5.73 Å². The van der Waals surface area contributed by atoms with Gasteiger partial charge in [-0.2, -0.15) is 0 Å². The fourth-order valence-corrected chi connectivity index (χ4v) is 3.87. The molecule has 2 rings (SSSR count). The molecule has 0 spiro atoms. The molecule has 0 aromatic heterocycles. The Bertz CT molecular complexity index is 275. The maximum Gasteiger partial charge on any atom is 0.223 e. The van der Waals surface area contributed by atoms with Crippen molar-refractivity contribution in [1.82, 2.24) is 0 Å². The van der Waals surface area contributed by atoms with E-state index in [2.05, 4.69) is 6.92 Å². The highest BCUT2D eigenvalue weighted by Gasteiger charge is 2.51. The summed E-state index contributed by atoms with van der Waals surface area (Å²) < 4.78 is 0. The van der Waals surface area contributed by atoms with Crippen molar-refractivity contribution in [2.45, 2.75) is 45.6 Å². The van der Waals surface area contributed by atoms with Crippen molar-refractivity contribution in [3.63, 3.8) is 0 Å². The van der Waals surface area contributed by atoms with E-state index in [-0.39, 0.29) is 29.3 Å². The second kappa shape index (κ2) is 3.48. The zero-order chi connectivity index (χ0) is 11.2. The lowest BCUT2D eigenvalue weighted by Crippen LogP contribution is -2.52. The van der Waals surface area contributed by atoms with Gasteiger partial charge in [0.25, 0.3) is 0 Å². The second-order valence-corrected chi connectivity index (χ2v) is 5.83. The van der Waals surface area contributed by atoms with E-state index in [1.165, 1.54) is 0 Å². The summed E-state index contributed by atoms with van der Waals surface area (Å²) >= 11 is 0. The Kier molecular flexibility index (Phi) is 2.53. The number of hydrogen-bond acceptors (Lipinski definition) is 2. The molecule has 3 nitrogen and oxygen atoms in total. The van der Waals surface area contributed by atoms with Crippen LogP contribution in [-0.4, -0.2) is 17.1 Å². The molecule has 2 fully saturated rings. The first kappa shape index (κ1) is 10.9. The molecule has 3 heteroatoms. The van der Waals surface area contributed by atoms with Crippen LogP contribution in [0.4, 0.5) is 0 Å². The van der Waals surface area contributed by atoms with Gasteiger partial charge in [-0.15, -0.1) is 0 Å². The molecule has 0 aromatic rings. The standard InChI is InChI=1S/C12H21NO2/c1-7-3-9-6-12(4-7,11(13)15)5-8(2)10(9)14/h7-10,14H,3-6H2,1-2H3,(H2,13,15). The maximum atomic E-state index is 11.6. The van der Waals surface area contributed by atoms with E-state index in [9.17, 15) is 9.90 Å². The molecule has 5 unspecified atom stereocenters. The topological polar surface area (TPSA) is 63.3 Å². The average molecular weight is 211 g/mol. The Morgan fingerprint density at radius 1 is 1.33 bits per heavy atom. The minimum Gasteiger partial charge on any atom is -0.393 e. The number of carbonyl (C=O) groups is 1. The molecule has 15 heavy (non-hydrogen) atoms. The molecule has 0 aromatic carbocycles. The Morgan fingerprint density at radius 3 is 2.60 bits per heavy atom. The van der Waals surface area contributed by atoms with Crippen molar-refractivity contribution in [2.75, 3.05) is 0 Å². The zero-order valence-electron chi connectivity index (χ0n) is 9.57. The number of hydrogen-bond donors (Lipinski definition) is 2. The Hall–Kier alpha value is -0.570.